The lowest BCUT2D eigenvalue weighted by Gasteiger charge is -2.07. The predicted octanol–water partition coefficient (Wildman–Crippen LogP) is 3.94. The number of para-hydroxylation sites is 1. The van der Waals surface area contributed by atoms with Crippen molar-refractivity contribution < 1.29 is 23.7 Å². The smallest absolute Gasteiger partial charge is 0.331 e. The molecule has 0 saturated heterocycles. The van der Waals surface area contributed by atoms with E-state index in [4.69, 9.17) is 18.9 Å². The number of halogens is 1. The zero-order valence-electron chi connectivity index (χ0n) is 13.0. The molecule has 1 heterocycles. The highest BCUT2D eigenvalue weighted by Gasteiger charge is 2.16. The van der Waals surface area contributed by atoms with Crippen molar-refractivity contribution in [2.24, 2.45) is 0 Å². The SMILES string of the molecule is COc1ccccc1/C=C/C(=O)OCc1cc2c(cc1Br)OCO2. The van der Waals surface area contributed by atoms with Gasteiger partial charge < -0.3 is 18.9 Å². The molecule has 0 N–H and O–H groups in total. The molecule has 0 amide bonds. The van der Waals surface area contributed by atoms with Crippen LogP contribution in [-0.4, -0.2) is 19.9 Å². The summed E-state index contributed by atoms with van der Waals surface area (Å²) in [5, 5.41) is 0. The molecule has 2 aromatic rings. The van der Waals surface area contributed by atoms with Crippen LogP contribution in [0.1, 0.15) is 11.1 Å². The zero-order chi connectivity index (χ0) is 16.9. The first-order valence-electron chi connectivity index (χ1n) is 7.23. The van der Waals surface area contributed by atoms with Crippen LogP contribution in [-0.2, 0) is 16.1 Å². The van der Waals surface area contributed by atoms with E-state index in [1.165, 1.54) is 6.08 Å². The van der Waals surface area contributed by atoms with Gasteiger partial charge in [0, 0.05) is 21.7 Å². The first-order valence-corrected chi connectivity index (χ1v) is 8.02. The van der Waals surface area contributed by atoms with Crippen molar-refractivity contribution >= 4 is 28.0 Å². The predicted molar refractivity (Wildman–Crippen MR) is 92.1 cm³/mol. The molecule has 0 spiro atoms. The Hall–Kier alpha value is -2.47. The summed E-state index contributed by atoms with van der Waals surface area (Å²) < 4.78 is 21.9. The van der Waals surface area contributed by atoms with Gasteiger partial charge in [-0.1, -0.05) is 34.1 Å². The molecule has 124 valence electrons. The normalized spacial score (nSPS) is 12.4. The summed E-state index contributed by atoms with van der Waals surface area (Å²) in [6.45, 7) is 0.332. The highest BCUT2D eigenvalue weighted by Crippen LogP contribution is 2.37. The molecule has 0 aromatic heterocycles. The fourth-order valence-electron chi connectivity index (χ4n) is 2.23. The second-order valence-corrected chi connectivity index (χ2v) is 5.83. The largest absolute Gasteiger partial charge is 0.496 e. The van der Waals surface area contributed by atoms with Gasteiger partial charge in [-0.3, -0.25) is 0 Å². The van der Waals surface area contributed by atoms with Gasteiger partial charge in [0.25, 0.3) is 0 Å². The lowest BCUT2D eigenvalue weighted by atomic mass is 10.2. The molecule has 24 heavy (non-hydrogen) atoms. The van der Waals surface area contributed by atoms with Crippen molar-refractivity contribution in [3.63, 3.8) is 0 Å². The number of benzene rings is 2. The number of rotatable bonds is 5. The van der Waals surface area contributed by atoms with Gasteiger partial charge in [-0.25, -0.2) is 4.79 Å². The first-order chi connectivity index (χ1) is 11.7. The third-order valence-electron chi connectivity index (χ3n) is 3.45. The molecule has 0 unspecified atom stereocenters. The van der Waals surface area contributed by atoms with Crippen LogP contribution in [0, 0.1) is 0 Å². The van der Waals surface area contributed by atoms with Gasteiger partial charge in [-0.15, -0.1) is 0 Å². The number of hydrogen-bond acceptors (Lipinski definition) is 5. The Balaban J connectivity index is 1.63. The fraction of sp³-hybridized carbons (Fsp3) is 0.167. The molecular weight excluding hydrogens is 376 g/mol. The lowest BCUT2D eigenvalue weighted by molar-refractivity contribution is -0.138. The van der Waals surface area contributed by atoms with Crippen LogP contribution in [0.2, 0.25) is 0 Å². The summed E-state index contributed by atoms with van der Waals surface area (Å²) in [6.07, 6.45) is 3.04. The van der Waals surface area contributed by atoms with E-state index in [1.54, 1.807) is 25.3 Å². The Morgan fingerprint density at radius 1 is 1.25 bits per heavy atom. The summed E-state index contributed by atoms with van der Waals surface area (Å²) in [6, 6.07) is 11.0. The van der Waals surface area contributed by atoms with Crippen LogP contribution in [0.5, 0.6) is 17.2 Å². The maximum absolute atomic E-state index is 11.9. The highest BCUT2D eigenvalue weighted by molar-refractivity contribution is 9.10. The molecule has 0 fully saturated rings. The monoisotopic (exact) mass is 390 g/mol. The zero-order valence-corrected chi connectivity index (χ0v) is 14.5. The quantitative estimate of drug-likeness (QED) is 0.571. The van der Waals surface area contributed by atoms with E-state index < -0.39 is 5.97 Å². The van der Waals surface area contributed by atoms with Crippen LogP contribution in [0.15, 0.2) is 46.9 Å². The minimum atomic E-state index is -0.439. The molecule has 0 bridgehead atoms. The fourth-order valence-corrected chi connectivity index (χ4v) is 2.67. The van der Waals surface area contributed by atoms with Crippen molar-refractivity contribution in [1.82, 2.24) is 0 Å². The summed E-state index contributed by atoms with van der Waals surface area (Å²) >= 11 is 3.43. The number of ether oxygens (including phenoxy) is 4. The second-order valence-electron chi connectivity index (χ2n) is 4.98. The van der Waals surface area contributed by atoms with Gasteiger partial charge in [0.1, 0.15) is 12.4 Å². The molecule has 0 aliphatic carbocycles. The molecule has 1 aliphatic rings. The van der Waals surface area contributed by atoms with Gasteiger partial charge in [0.2, 0.25) is 6.79 Å². The molecule has 1 aliphatic heterocycles. The van der Waals surface area contributed by atoms with Crippen molar-refractivity contribution in [2.45, 2.75) is 6.61 Å². The summed E-state index contributed by atoms with van der Waals surface area (Å²) in [4.78, 5) is 11.9. The van der Waals surface area contributed by atoms with Gasteiger partial charge in [0.05, 0.1) is 7.11 Å². The van der Waals surface area contributed by atoms with Crippen molar-refractivity contribution in [1.29, 1.82) is 0 Å². The van der Waals surface area contributed by atoms with Crippen LogP contribution < -0.4 is 14.2 Å². The molecule has 6 heteroatoms. The summed E-state index contributed by atoms with van der Waals surface area (Å²) in [7, 11) is 1.59. The van der Waals surface area contributed by atoms with Crippen LogP contribution in [0.4, 0.5) is 0 Å². The van der Waals surface area contributed by atoms with Crippen LogP contribution >= 0.6 is 15.9 Å². The van der Waals surface area contributed by atoms with Crippen LogP contribution in [0.3, 0.4) is 0 Å². The number of hydrogen-bond donors (Lipinski definition) is 0. The minimum absolute atomic E-state index is 0.131. The third-order valence-corrected chi connectivity index (χ3v) is 4.19. The first kappa shape index (κ1) is 16.4. The molecular formula is C18H15BrO5. The van der Waals surface area contributed by atoms with E-state index >= 15 is 0 Å². The van der Waals surface area contributed by atoms with Crippen molar-refractivity contribution in [3.05, 3.63) is 58.1 Å². The average Bonchev–Trinajstić information content (AvgIpc) is 3.05. The maximum atomic E-state index is 11.9. The van der Waals surface area contributed by atoms with Gasteiger partial charge >= 0.3 is 5.97 Å². The number of fused-ring (bicyclic) bond motifs is 1. The molecule has 0 radical (unpaired) electrons. The number of esters is 1. The molecule has 0 atom stereocenters. The maximum Gasteiger partial charge on any atom is 0.331 e. The summed E-state index contributed by atoms with van der Waals surface area (Å²) in [5.74, 6) is 1.58. The van der Waals surface area contributed by atoms with E-state index in [0.29, 0.717) is 17.2 Å². The van der Waals surface area contributed by atoms with E-state index in [2.05, 4.69) is 15.9 Å². The molecule has 0 saturated carbocycles. The van der Waals surface area contributed by atoms with E-state index in [9.17, 15) is 4.79 Å². The number of methoxy groups -OCH3 is 1. The van der Waals surface area contributed by atoms with Crippen LogP contribution in [0.25, 0.3) is 6.08 Å². The van der Waals surface area contributed by atoms with Crippen molar-refractivity contribution in [2.75, 3.05) is 13.9 Å². The number of carbonyl (C=O) groups excluding carboxylic acids is 1. The third kappa shape index (κ3) is 3.71. The molecule has 2 aromatic carbocycles. The average molecular weight is 391 g/mol. The molecule has 5 nitrogen and oxygen atoms in total. The Kier molecular flexibility index (Phi) is 5.05. The highest BCUT2D eigenvalue weighted by atomic mass is 79.9. The van der Waals surface area contributed by atoms with Gasteiger partial charge in [-0.2, -0.15) is 0 Å². The standard InChI is InChI=1S/C18H15BrO5/c1-21-15-5-3-2-4-12(15)6-7-18(20)22-10-13-8-16-17(9-14(13)19)24-11-23-16/h2-9H,10-11H2,1H3/b7-6+. The summed E-state index contributed by atoms with van der Waals surface area (Å²) in [5.41, 5.74) is 1.61. The topological polar surface area (TPSA) is 54.0 Å². The Morgan fingerprint density at radius 2 is 2.00 bits per heavy atom. The number of carbonyl (C=O) groups is 1. The second kappa shape index (κ2) is 7.40. The van der Waals surface area contributed by atoms with E-state index in [1.807, 2.05) is 24.3 Å². The van der Waals surface area contributed by atoms with Crippen molar-refractivity contribution in [3.8, 4) is 17.2 Å². The Morgan fingerprint density at radius 3 is 2.79 bits per heavy atom. The van der Waals surface area contributed by atoms with E-state index in [-0.39, 0.29) is 13.4 Å². The van der Waals surface area contributed by atoms with E-state index in [0.717, 1.165) is 15.6 Å². The lowest BCUT2D eigenvalue weighted by Crippen LogP contribution is -2.01. The minimum Gasteiger partial charge on any atom is -0.496 e. The Bertz CT molecular complexity index is 785. The van der Waals surface area contributed by atoms with Gasteiger partial charge in [-0.05, 0) is 24.3 Å². The van der Waals surface area contributed by atoms with Gasteiger partial charge in [0.15, 0.2) is 11.5 Å². The molecule has 3 rings (SSSR count). The Labute approximate surface area is 147 Å².